The highest BCUT2D eigenvalue weighted by Gasteiger charge is 2.28. The van der Waals surface area contributed by atoms with Gasteiger partial charge < -0.3 is 11.1 Å². The lowest BCUT2D eigenvalue weighted by Crippen LogP contribution is -2.49. The Morgan fingerprint density at radius 3 is 2.39 bits per heavy atom. The Hall–Kier alpha value is -1.06. The summed E-state index contributed by atoms with van der Waals surface area (Å²) < 4.78 is 0. The molecule has 0 aliphatic heterocycles. The molecule has 0 fully saturated rings. The molecule has 0 saturated heterocycles. The van der Waals surface area contributed by atoms with Gasteiger partial charge in [0.1, 0.15) is 0 Å². The molecule has 0 radical (unpaired) electrons. The Balaban J connectivity index is 2.75. The van der Waals surface area contributed by atoms with Gasteiger partial charge in [0.2, 0.25) is 5.91 Å². The molecular formula is C14H21ClN2O. The van der Waals surface area contributed by atoms with E-state index in [0.29, 0.717) is 5.02 Å². The van der Waals surface area contributed by atoms with Crippen LogP contribution in [-0.4, -0.2) is 11.9 Å². The molecule has 0 heterocycles. The minimum absolute atomic E-state index is 0.153. The van der Waals surface area contributed by atoms with Crippen molar-refractivity contribution >= 4 is 17.5 Å². The number of nitrogens with one attached hydrogen (secondary N) is 1. The summed E-state index contributed by atoms with van der Waals surface area (Å²) in [5.41, 5.74) is 6.55. The van der Waals surface area contributed by atoms with Crippen LogP contribution in [-0.2, 0) is 4.79 Å². The van der Waals surface area contributed by atoms with Crippen molar-refractivity contribution in [2.24, 2.45) is 11.1 Å². The molecule has 0 aromatic heterocycles. The molecular weight excluding hydrogens is 248 g/mol. The second-order valence-corrected chi connectivity index (χ2v) is 6.00. The van der Waals surface area contributed by atoms with E-state index in [0.717, 1.165) is 5.56 Å². The Morgan fingerprint density at radius 2 is 1.89 bits per heavy atom. The topological polar surface area (TPSA) is 55.1 Å². The Kier molecular flexibility index (Phi) is 4.77. The summed E-state index contributed by atoms with van der Waals surface area (Å²) >= 11 is 6.09. The van der Waals surface area contributed by atoms with E-state index >= 15 is 0 Å². The van der Waals surface area contributed by atoms with Gasteiger partial charge in [-0.15, -0.1) is 0 Å². The number of amides is 1. The SMILES string of the molecule is C[C@@H](NC(=O)[C@@H](N)C(C)(C)C)c1ccccc1Cl. The summed E-state index contributed by atoms with van der Waals surface area (Å²) in [4.78, 5) is 12.0. The molecule has 18 heavy (non-hydrogen) atoms. The highest BCUT2D eigenvalue weighted by molar-refractivity contribution is 6.31. The monoisotopic (exact) mass is 268 g/mol. The lowest BCUT2D eigenvalue weighted by molar-refractivity contribution is -0.125. The van der Waals surface area contributed by atoms with E-state index < -0.39 is 6.04 Å². The smallest absolute Gasteiger partial charge is 0.237 e. The van der Waals surface area contributed by atoms with Gasteiger partial charge in [-0.3, -0.25) is 4.79 Å². The molecule has 3 nitrogen and oxygen atoms in total. The van der Waals surface area contributed by atoms with Crippen LogP contribution in [0.15, 0.2) is 24.3 Å². The third kappa shape index (κ3) is 3.72. The second-order valence-electron chi connectivity index (χ2n) is 5.60. The Bertz CT molecular complexity index is 426. The molecule has 2 atom stereocenters. The maximum Gasteiger partial charge on any atom is 0.237 e. The van der Waals surface area contributed by atoms with Crippen LogP contribution in [0.5, 0.6) is 0 Å². The second kappa shape index (κ2) is 5.72. The summed E-state index contributed by atoms with van der Waals surface area (Å²) in [5.74, 6) is -0.157. The number of halogens is 1. The van der Waals surface area contributed by atoms with Gasteiger partial charge in [-0.1, -0.05) is 50.6 Å². The predicted octanol–water partition coefficient (Wildman–Crippen LogP) is 2.89. The van der Waals surface area contributed by atoms with Gasteiger partial charge >= 0.3 is 0 Å². The molecule has 0 unspecified atom stereocenters. The fraction of sp³-hybridized carbons (Fsp3) is 0.500. The lowest BCUT2D eigenvalue weighted by atomic mass is 9.86. The highest BCUT2D eigenvalue weighted by atomic mass is 35.5. The molecule has 1 aromatic carbocycles. The summed E-state index contributed by atoms with van der Waals surface area (Å²) in [7, 11) is 0. The molecule has 1 amide bonds. The average Bonchev–Trinajstić information content (AvgIpc) is 2.27. The largest absolute Gasteiger partial charge is 0.348 e. The van der Waals surface area contributed by atoms with Crippen LogP contribution in [0.4, 0.5) is 0 Å². The molecule has 0 aliphatic carbocycles. The van der Waals surface area contributed by atoms with Crippen LogP contribution in [0.1, 0.15) is 39.3 Å². The number of benzene rings is 1. The van der Waals surface area contributed by atoms with Crippen molar-refractivity contribution in [3.8, 4) is 0 Å². The molecule has 1 rings (SSSR count). The predicted molar refractivity (Wildman–Crippen MR) is 75.4 cm³/mol. The number of nitrogens with two attached hydrogens (primary N) is 1. The summed E-state index contributed by atoms with van der Waals surface area (Å²) in [6.45, 7) is 7.72. The molecule has 0 bridgehead atoms. The number of carbonyl (C=O) groups excluding carboxylic acids is 1. The maximum absolute atomic E-state index is 12.0. The molecule has 0 spiro atoms. The van der Waals surface area contributed by atoms with Crippen molar-refractivity contribution in [1.82, 2.24) is 5.32 Å². The van der Waals surface area contributed by atoms with E-state index in [1.54, 1.807) is 0 Å². The molecule has 1 aromatic rings. The number of carbonyl (C=O) groups is 1. The van der Waals surface area contributed by atoms with E-state index in [4.69, 9.17) is 17.3 Å². The van der Waals surface area contributed by atoms with Crippen molar-refractivity contribution in [2.45, 2.75) is 39.8 Å². The van der Waals surface area contributed by atoms with E-state index in [1.165, 1.54) is 0 Å². The van der Waals surface area contributed by atoms with E-state index in [9.17, 15) is 4.79 Å². The maximum atomic E-state index is 12.0. The normalized spacial score (nSPS) is 15.0. The summed E-state index contributed by atoms with van der Waals surface area (Å²) in [6, 6.07) is 6.77. The van der Waals surface area contributed by atoms with E-state index in [2.05, 4.69) is 5.32 Å². The Labute approximate surface area is 114 Å². The molecule has 0 aliphatic rings. The fourth-order valence-electron chi connectivity index (χ4n) is 1.60. The summed E-state index contributed by atoms with van der Waals surface area (Å²) in [5, 5.41) is 3.54. The standard InChI is InChI=1S/C14H21ClN2O/c1-9(10-7-5-6-8-11(10)15)17-13(18)12(16)14(2,3)4/h5-9,12H,16H2,1-4H3,(H,17,18)/t9-,12-/m1/s1. The summed E-state index contributed by atoms with van der Waals surface area (Å²) in [6.07, 6.45) is 0. The number of hydrogen-bond donors (Lipinski definition) is 2. The fourth-order valence-corrected chi connectivity index (χ4v) is 1.90. The molecule has 100 valence electrons. The number of rotatable bonds is 3. The van der Waals surface area contributed by atoms with Crippen LogP contribution in [0, 0.1) is 5.41 Å². The van der Waals surface area contributed by atoms with Gasteiger partial charge in [0.05, 0.1) is 12.1 Å². The molecule has 3 N–H and O–H groups in total. The first-order valence-corrected chi connectivity index (χ1v) is 6.41. The molecule has 0 saturated carbocycles. The van der Waals surface area contributed by atoms with E-state index in [1.807, 2.05) is 52.0 Å². The van der Waals surface area contributed by atoms with Gasteiger partial charge in [-0.05, 0) is 24.0 Å². The van der Waals surface area contributed by atoms with Crippen LogP contribution in [0.25, 0.3) is 0 Å². The molecule has 4 heteroatoms. The third-order valence-electron chi connectivity index (χ3n) is 2.95. The van der Waals surface area contributed by atoms with Gasteiger partial charge in [0.15, 0.2) is 0 Å². The van der Waals surface area contributed by atoms with Crippen molar-refractivity contribution < 1.29 is 4.79 Å². The van der Waals surface area contributed by atoms with Crippen molar-refractivity contribution in [1.29, 1.82) is 0 Å². The number of hydrogen-bond acceptors (Lipinski definition) is 2. The van der Waals surface area contributed by atoms with Gasteiger partial charge in [0.25, 0.3) is 0 Å². The van der Waals surface area contributed by atoms with Crippen LogP contribution >= 0.6 is 11.6 Å². The average molecular weight is 269 g/mol. The van der Waals surface area contributed by atoms with Gasteiger partial charge in [0, 0.05) is 5.02 Å². The zero-order valence-electron chi connectivity index (χ0n) is 11.3. The van der Waals surface area contributed by atoms with Gasteiger partial charge in [-0.25, -0.2) is 0 Å². The zero-order valence-corrected chi connectivity index (χ0v) is 12.1. The first-order valence-electron chi connectivity index (χ1n) is 6.04. The van der Waals surface area contributed by atoms with Gasteiger partial charge in [-0.2, -0.15) is 0 Å². The first kappa shape index (κ1) is 15.0. The van der Waals surface area contributed by atoms with Crippen molar-refractivity contribution in [3.63, 3.8) is 0 Å². The Morgan fingerprint density at radius 1 is 1.33 bits per heavy atom. The minimum Gasteiger partial charge on any atom is -0.348 e. The van der Waals surface area contributed by atoms with Crippen molar-refractivity contribution in [3.05, 3.63) is 34.9 Å². The first-order chi connectivity index (χ1) is 8.23. The van der Waals surface area contributed by atoms with E-state index in [-0.39, 0.29) is 17.4 Å². The quantitative estimate of drug-likeness (QED) is 0.886. The van der Waals surface area contributed by atoms with Crippen LogP contribution in [0.3, 0.4) is 0 Å². The lowest BCUT2D eigenvalue weighted by Gasteiger charge is -2.27. The third-order valence-corrected chi connectivity index (χ3v) is 3.29. The minimum atomic E-state index is -0.539. The highest BCUT2D eigenvalue weighted by Crippen LogP contribution is 2.23. The van der Waals surface area contributed by atoms with Crippen LogP contribution < -0.4 is 11.1 Å². The van der Waals surface area contributed by atoms with Crippen LogP contribution in [0.2, 0.25) is 5.02 Å². The zero-order chi connectivity index (χ0) is 13.9. The van der Waals surface area contributed by atoms with Crippen molar-refractivity contribution in [2.75, 3.05) is 0 Å².